The summed E-state index contributed by atoms with van der Waals surface area (Å²) in [5.41, 5.74) is 2.81. The SMILES string of the molecule is COc1ccc(CN2CCCC[C@H]2c2cc(=O)[nH]c(-c3ccncc3)n2)cc1. The van der Waals surface area contributed by atoms with Crippen molar-refractivity contribution in [2.45, 2.75) is 31.8 Å². The van der Waals surface area contributed by atoms with Gasteiger partial charge in [-0.2, -0.15) is 0 Å². The van der Waals surface area contributed by atoms with Gasteiger partial charge in [0.25, 0.3) is 5.56 Å². The third kappa shape index (κ3) is 4.12. The lowest BCUT2D eigenvalue weighted by Gasteiger charge is -2.35. The molecule has 1 atom stereocenters. The largest absolute Gasteiger partial charge is 0.497 e. The Morgan fingerprint density at radius 1 is 1.14 bits per heavy atom. The number of piperidine rings is 1. The number of nitrogens with one attached hydrogen (secondary N) is 1. The monoisotopic (exact) mass is 376 g/mol. The summed E-state index contributed by atoms with van der Waals surface area (Å²) in [6.45, 7) is 1.82. The number of hydrogen-bond donors (Lipinski definition) is 1. The van der Waals surface area contributed by atoms with Crippen LogP contribution in [0.2, 0.25) is 0 Å². The van der Waals surface area contributed by atoms with Gasteiger partial charge in [-0.05, 0) is 49.2 Å². The molecule has 144 valence electrons. The molecule has 1 aliphatic heterocycles. The van der Waals surface area contributed by atoms with Crippen LogP contribution >= 0.6 is 0 Å². The van der Waals surface area contributed by atoms with Crippen molar-refractivity contribution in [2.24, 2.45) is 0 Å². The summed E-state index contributed by atoms with van der Waals surface area (Å²) >= 11 is 0. The van der Waals surface area contributed by atoms with Crippen molar-refractivity contribution in [2.75, 3.05) is 13.7 Å². The molecule has 6 nitrogen and oxygen atoms in total. The third-order valence-electron chi connectivity index (χ3n) is 5.22. The van der Waals surface area contributed by atoms with Gasteiger partial charge in [-0.3, -0.25) is 14.7 Å². The first kappa shape index (κ1) is 18.4. The van der Waals surface area contributed by atoms with Crippen LogP contribution in [0.25, 0.3) is 11.4 Å². The van der Waals surface area contributed by atoms with E-state index in [2.05, 4.69) is 27.0 Å². The lowest BCUT2D eigenvalue weighted by molar-refractivity contribution is 0.137. The molecule has 1 N–H and O–H groups in total. The maximum absolute atomic E-state index is 12.3. The molecule has 6 heteroatoms. The highest BCUT2D eigenvalue weighted by Crippen LogP contribution is 2.31. The number of H-pyrrole nitrogens is 1. The number of likely N-dealkylation sites (tertiary alicyclic amines) is 1. The second-order valence-corrected chi connectivity index (χ2v) is 7.08. The van der Waals surface area contributed by atoms with Crippen LogP contribution in [0.15, 0.2) is 59.7 Å². The van der Waals surface area contributed by atoms with Gasteiger partial charge in [-0.1, -0.05) is 18.6 Å². The summed E-state index contributed by atoms with van der Waals surface area (Å²) in [7, 11) is 1.68. The van der Waals surface area contributed by atoms with Crippen LogP contribution in [0.1, 0.15) is 36.6 Å². The molecule has 3 aromatic rings. The van der Waals surface area contributed by atoms with Gasteiger partial charge in [0.15, 0.2) is 0 Å². The summed E-state index contributed by atoms with van der Waals surface area (Å²) in [5, 5.41) is 0. The number of pyridine rings is 1. The van der Waals surface area contributed by atoms with Crippen molar-refractivity contribution < 1.29 is 4.74 Å². The Morgan fingerprint density at radius 3 is 2.68 bits per heavy atom. The second-order valence-electron chi connectivity index (χ2n) is 7.08. The first-order valence-corrected chi connectivity index (χ1v) is 9.61. The molecule has 0 radical (unpaired) electrons. The zero-order valence-electron chi connectivity index (χ0n) is 16.0. The van der Waals surface area contributed by atoms with Crippen LogP contribution in [0.4, 0.5) is 0 Å². The Morgan fingerprint density at radius 2 is 1.93 bits per heavy atom. The average Bonchev–Trinajstić information content (AvgIpc) is 2.75. The quantitative estimate of drug-likeness (QED) is 0.737. The van der Waals surface area contributed by atoms with Gasteiger partial charge < -0.3 is 9.72 Å². The minimum absolute atomic E-state index is 0.119. The number of rotatable bonds is 5. The summed E-state index contributed by atoms with van der Waals surface area (Å²) in [4.78, 5) is 26.4. The maximum atomic E-state index is 12.3. The van der Waals surface area contributed by atoms with E-state index in [0.29, 0.717) is 5.82 Å². The Balaban J connectivity index is 1.62. The predicted octanol–water partition coefficient (Wildman–Crippen LogP) is 3.57. The summed E-state index contributed by atoms with van der Waals surface area (Å²) in [6, 6.07) is 13.7. The number of ether oxygens (including phenoxy) is 1. The number of aromatic amines is 1. The average molecular weight is 376 g/mol. The smallest absolute Gasteiger partial charge is 0.251 e. The van der Waals surface area contributed by atoms with Crippen LogP contribution in [-0.2, 0) is 6.54 Å². The lowest BCUT2D eigenvalue weighted by Crippen LogP contribution is -2.34. The molecule has 0 saturated carbocycles. The lowest BCUT2D eigenvalue weighted by atomic mass is 9.98. The summed E-state index contributed by atoms with van der Waals surface area (Å²) in [6.07, 6.45) is 6.72. The predicted molar refractivity (Wildman–Crippen MR) is 108 cm³/mol. The summed E-state index contributed by atoms with van der Waals surface area (Å²) in [5.74, 6) is 1.46. The van der Waals surface area contributed by atoms with E-state index >= 15 is 0 Å². The normalized spacial score (nSPS) is 17.4. The molecule has 0 aliphatic carbocycles. The highest BCUT2D eigenvalue weighted by molar-refractivity contribution is 5.53. The molecule has 0 spiro atoms. The van der Waals surface area contributed by atoms with E-state index in [1.807, 2.05) is 24.3 Å². The van der Waals surface area contributed by atoms with E-state index in [-0.39, 0.29) is 11.6 Å². The van der Waals surface area contributed by atoms with E-state index < -0.39 is 0 Å². The minimum atomic E-state index is -0.119. The van der Waals surface area contributed by atoms with Crippen LogP contribution in [0.5, 0.6) is 5.75 Å². The fourth-order valence-electron chi connectivity index (χ4n) is 3.77. The van der Waals surface area contributed by atoms with Crippen LogP contribution < -0.4 is 10.3 Å². The molecule has 0 amide bonds. The number of aromatic nitrogens is 3. The van der Waals surface area contributed by atoms with Gasteiger partial charge in [0.2, 0.25) is 0 Å². The molecule has 0 bridgehead atoms. The van der Waals surface area contributed by atoms with Crippen molar-refractivity contribution >= 4 is 0 Å². The number of nitrogens with zero attached hydrogens (tertiary/aromatic N) is 3. The Bertz CT molecular complexity index is 970. The minimum Gasteiger partial charge on any atom is -0.497 e. The van der Waals surface area contributed by atoms with Gasteiger partial charge >= 0.3 is 0 Å². The number of methoxy groups -OCH3 is 1. The fourth-order valence-corrected chi connectivity index (χ4v) is 3.77. The molecular formula is C22H24N4O2. The van der Waals surface area contributed by atoms with Gasteiger partial charge in [-0.15, -0.1) is 0 Å². The molecule has 1 aliphatic rings. The van der Waals surface area contributed by atoms with Crippen LogP contribution in [0.3, 0.4) is 0 Å². The van der Waals surface area contributed by atoms with Crippen molar-refractivity contribution in [1.82, 2.24) is 19.9 Å². The van der Waals surface area contributed by atoms with E-state index in [9.17, 15) is 4.79 Å². The van der Waals surface area contributed by atoms with E-state index in [1.165, 1.54) is 5.56 Å². The first-order chi connectivity index (χ1) is 13.7. The van der Waals surface area contributed by atoms with E-state index in [4.69, 9.17) is 9.72 Å². The Kier molecular flexibility index (Phi) is 5.48. The Labute approximate surface area is 164 Å². The molecule has 3 heterocycles. The van der Waals surface area contributed by atoms with Crippen molar-refractivity contribution in [3.8, 4) is 17.1 Å². The summed E-state index contributed by atoms with van der Waals surface area (Å²) < 4.78 is 5.25. The molecule has 1 saturated heterocycles. The van der Waals surface area contributed by atoms with Gasteiger partial charge in [0, 0.05) is 30.6 Å². The molecular weight excluding hydrogens is 352 g/mol. The molecule has 2 aromatic heterocycles. The van der Waals surface area contributed by atoms with Crippen LogP contribution in [-0.4, -0.2) is 33.5 Å². The fraction of sp³-hybridized carbons (Fsp3) is 0.318. The zero-order chi connectivity index (χ0) is 19.3. The van der Waals surface area contributed by atoms with Gasteiger partial charge in [0.05, 0.1) is 18.8 Å². The molecule has 1 fully saturated rings. The number of hydrogen-bond acceptors (Lipinski definition) is 5. The van der Waals surface area contributed by atoms with E-state index in [1.54, 1.807) is 25.6 Å². The van der Waals surface area contributed by atoms with Crippen LogP contribution in [0, 0.1) is 0 Å². The molecule has 28 heavy (non-hydrogen) atoms. The van der Waals surface area contributed by atoms with E-state index in [0.717, 1.165) is 49.4 Å². The van der Waals surface area contributed by atoms with Gasteiger partial charge in [-0.25, -0.2) is 4.98 Å². The Hall–Kier alpha value is -2.99. The first-order valence-electron chi connectivity index (χ1n) is 9.61. The second kappa shape index (κ2) is 8.35. The third-order valence-corrected chi connectivity index (χ3v) is 5.22. The maximum Gasteiger partial charge on any atom is 0.251 e. The highest BCUT2D eigenvalue weighted by Gasteiger charge is 2.26. The number of benzene rings is 1. The topological polar surface area (TPSA) is 71.1 Å². The van der Waals surface area contributed by atoms with Crippen molar-refractivity contribution in [1.29, 1.82) is 0 Å². The molecule has 1 aromatic carbocycles. The standard InChI is InChI=1S/C22H24N4O2/c1-28-18-7-5-16(6-8-18)15-26-13-3-2-4-20(26)19-14-21(27)25-22(24-19)17-9-11-23-12-10-17/h5-12,14,20H,2-4,13,15H2,1H3,(H,24,25,27)/t20-/m0/s1. The highest BCUT2D eigenvalue weighted by atomic mass is 16.5. The molecule has 4 rings (SSSR count). The van der Waals surface area contributed by atoms with Crippen molar-refractivity contribution in [3.05, 3.63) is 76.5 Å². The van der Waals surface area contributed by atoms with Crippen molar-refractivity contribution in [3.63, 3.8) is 0 Å². The molecule has 0 unspecified atom stereocenters. The van der Waals surface area contributed by atoms with Gasteiger partial charge in [0.1, 0.15) is 11.6 Å². The zero-order valence-corrected chi connectivity index (χ0v) is 16.0.